The van der Waals surface area contributed by atoms with Crippen molar-refractivity contribution in [1.29, 1.82) is 0 Å². The number of unbranched alkanes of at least 4 members (excludes halogenated alkanes) is 5. The van der Waals surface area contributed by atoms with Crippen LogP contribution in [-0.4, -0.2) is 19.3 Å². The maximum Gasteiger partial charge on any atom is 0.0612 e. The molecule has 2 unspecified atom stereocenters. The molecule has 3 saturated carbocycles. The summed E-state index contributed by atoms with van der Waals surface area (Å²) < 4.78 is 6.45. The van der Waals surface area contributed by atoms with E-state index < -0.39 is 0 Å². The maximum atomic E-state index is 6.45. The normalized spacial score (nSPS) is 38.1. The number of allylic oxidation sites excluding steroid dienone is 1. The summed E-state index contributed by atoms with van der Waals surface area (Å²) in [5.74, 6) is 5.57. The molecule has 4 aliphatic carbocycles. The molecule has 4 aliphatic rings. The highest BCUT2D eigenvalue weighted by atomic mass is 16.5. The second-order valence-corrected chi connectivity index (χ2v) is 14.9. The van der Waals surface area contributed by atoms with Crippen molar-refractivity contribution in [1.82, 2.24) is 0 Å². The highest BCUT2D eigenvalue weighted by Crippen LogP contribution is 2.67. The van der Waals surface area contributed by atoms with Gasteiger partial charge in [0.2, 0.25) is 0 Å². The SMILES string of the molecule is CC(C)CCC[C@@H](C)[C@H]1CCC2[C@@H]3CC=C4C[C@@H](OCCCCCCCCN)CC[C@]4(C)C3CC[C@@]21C. The van der Waals surface area contributed by atoms with Crippen LogP contribution in [0.15, 0.2) is 11.6 Å². The van der Waals surface area contributed by atoms with Gasteiger partial charge in [0.25, 0.3) is 0 Å². The average molecular weight is 514 g/mol. The third kappa shape index (κ3) is 6.70. The van der Waals surface area contributed by atoms with Gasteiger partial charge in [0.05, 0.1) is 6.10 Å². The van der Waals surface area contributed by atoms with E-state index in [0.29, 0.717) is 16.9 Å². The average Bonchev–Trinajstić information content (AvgIpc) is 3.22. The van der Waals surface area contributed by atoms with Gasteiger partial charge in [-0.3, -0.25) is 0 Å². The largest absolute Gasteiger partial charge is 0.378 e. The van der Waals surface area contributed by atoms with Crippen LogP contribution in [-0.2, 0) is 4.74 Å². The lowest BCUT2D eigenvalue weighted by atomic mass is 9.47. The second kappa shape index (κ2) is 13.3. The molecule has 8 atom stereocenters. The van der Waals surface area contributed by atoms with Crippen LogP contribution in [0, 0.1) is 46.3 Å². The van der Waals surface area contributed by atoms with E-state index in [2.05, 4.69) is 40.7 Å². The molecule has 0 aromatic heterocycles. The first-order valence-electron chi connectivity index (χ1n) is 16.8. The summed E-state index contributed by atoms with van der Waals surface area (Å²) in [7, 11) is 0. The minimum Gasteiger partial charge on any atom is -0.378 e. The van der Waals surface area contributed by atoms with Gasteiger partial charge in [0.15, 0.2) is 0 Å². The van der Waals surface area contributed by atoms with Crippen LogP contribution in [0.25, 0.3) is 0 Å². The molecule has 2 heteroatoms. The molecule has 0 bridgehead atoms. The van der Waals surface area contributed by atoms with Crippen LogP contribution in [0.3, 0.4) is 0 Å². The Morgan fingerprint density at radius 3 is 2.38 bits per heavy atom. The van der Waals surface area contributed by atoms with Crippen molar-refractivity contribution in [3.63, 3.8) is 0 Å². The second-order valence-electron chi connectivity index (χ2n) is 14.9. The maximum absolute atomic E-state index is 6.45. The summed E-state index contributed by atoms with van der Waals surface area (Å²) in [6.45, 7) is 14.6. The van der Waals surface area contributed by atoms with E-state index in [1.54, 1.807) is 5.57 Å². The smallest absolute Gasteiger partial charge is 0.0612 e. The lowest BCUT2D eigenvalue weighted by molar-refractivity contribution is -0.0641. The van der Waals surface area contributed by atoms with Crippen molar-refractivity contribution >= 4 is 0 Å². The van der Waals surface area contributed by atoms with E-state index in [1.165, 1.54) is 109 Å². The minimum absolute atomic E-state index is 0.452. The Bertz CT molecular complexity index is 729. The zero-order chi connectivity index (χ0) is 26.5. The first kappa shape index (κ1) is 29.6. The number of fused-ring (bicyclic) bond motifs is 5. The van der Waals surface area contributed by atoms with E-state index in [9.17, 15) is 0 Å². The Labute approximate surface area is 231 Å². The molecule has 0 amide bonds. The van der Waals surface area contributed by atoms with E-state index in [4.69, 9.17) is 10.5 Å². The summed E-state index contributed by atoms with van der Waals surface area (Å²) in [6.07, 6.45) is 26.4. The fourth-order valence-corrected chi connectivity index (χ4v) is 10.00. The van der Waals surface area contributed by atoms with Gasteiger partial charge < -0.3 is 10.5 Å². The molecule has 0 spiro atoms. The van der Waals surface area contributed by atoms with Crippen LogP contribution < -0.4 is 5.73 Å². The number of rotatable bonds is 14. The van der Waals surface area contributed by atoms with E-state index >= 15 is 0 Å². The monoisotopic (exact) mass is 513 g/mol. The highest BCUT2D eigenvalue weighted by Gasteiger charge is 2.59. The van der Waals surface area contributed by atoms with E-state index in [1.807, 2.05) is 0 Å². The summed E-state index contributed by atoms with van der Waals surface area (Å²) >= 11 is 0. The van der Waals surface area contributed by atoms with Gasteiger partial charge in [-0.05, 0) is 117 Å². The molecular formula is C35H63NO. The quantitative estimate of drug-likeness (QED) is 0.185. The Morgan fingerprint density at radius 2 is 1.62 bits per heavy atom. The van der Waals surface area contributed by atoms with Crippen LogP contribution in [0.2, 0.25) is 0 Å². The van der Waals surface area contributed by atoms with E-state index in [0.717, 1.165) is 48.7 Å². The predicted molar refractivity (Wildman–Crippen MR) is 160 cm³/mol. The molecule has 3 fully saturated rings. The zero-order valence-corrected chi connectivity index (χ0v) is 25.5. The molecule has 2 nitrogen and oxygen atoms in total. The molecule has 0 radical (unpaired) electrons. The van der Waals surface area contributed by atoms with Gasteiger partial charge in [0.1, 0.15) is 0 Å². The first-order chi connectivity index (χ1) is 17.8. The fourth-order valence-electron chi connectivity index (χ4n) is 10.00. The standard InChI is InChI=1S/C35H63NO/c1-26(2)13-12-14-27(3)31-17-18-32-30-16-15-28-25-29(37-24-11-9-7-6-8-10-23-36)19-21-34(28,4)33(30)20-22-35(31,32)5/h15,26-27,29-33H,6-14,16-25,36H2,1-5H3/t27-,29+,30+,31-,32?,33?,34+,35-/m1/s1. The minimum atomic E-state index is 0.452. The summed E-state index contributed by atoms with van der Waals surface area (Å²) in [4.78, 5) is 0. The predicted octanol–water partition coefficient (Wildman–Crippen LogP) is 9.71. The number of hydrogen-bond acceptors (Lipinski definition) is 2. The molecule has 37 heavy (non-hydrogen) atoms. The topological polar surface area (TPSA) is 35.2 Å². The third-order valence-corrected chi connectivity index (χ3v) is 12.2. The molecule has 4 rings (SSSR count). The molecule has 2 N–H and O–H groups in total. The van der Waals surface area contributed by atoms with Gasteiger partial charge in [-0.25, -0.2) is 0 Å². The third-order valence-electron chi connectivity index (χ3n) is 12.2. The lowest BCUT2D eigenvalue weighted by Crippen LogP contribution is -2.51. The summed E-state index contributed by atoms with van der Waals surface area (Å²) in [6, 6.07) is 0. The number of hydrogen-bond donors (Lipinski definition) is 1. The van der Waals surface area contributed by atoms with Crippen LogP contribution in [0.1, 0.15) is 144 Å². The molecule has 0 aromatic rings. The van der Waals surface area contributed by atoms with Gasteiger partial charge >= 0.3 is 0 Å². The Kier molecular flexibility index (Phi) is 10.7. The van der Waals surface area contributed by atoms with Gasteiger partial charge in [-0.1, -0.05) is 91.2 Å². The van der Waals surface area contributed by atoms with Gasteiger partial charge in [0, 0.05) is 6.61 Å². The fraction of sp³-hybridized carbons (Fsp3) is 0.943. The van der Waals surface area contributed by atoms with Gasteiger partial charge in [-0.15, -0.1) is 0 Å². The Hall–Kier alpha value is -0.340. The van der Waals surface area contributed by atoms with Gasteiger partial charge in [-0.2, -0.15) is 0 Å². The molecule has 0 aromatic carbocycles. The lowest BCUT2D eigenvalue weighted by Gasteiger charge is -2.58. The van der Waals surface area contributed by atoms with Crippen molar-refractivity contribution < 1.29 is 4.74 Å². The van der Waals surface area contributed by atoms with Crippen molar-refractivity contribution in [3.8, 4) is 0 Å². The van der Waals surface area contributed by atoms with Crippen molar-refractivity contribution in [3.05, 3.63) is 11.6 Å². The molecule has 214 valence electrons. The highest BCUT2D eigenvalue weighted by molar-refractivity contribution is 5.25. The molecule has 0 aliphatic heterocycles. The van der Waals surface area contributed by atoms with Crippen molar-refractivity contribution in [2.75, 3.05) is 13.2 Å². The summed E-state index contributed by atoms with van der Waals surface area (Å²) in [5.41, 5.74) is 8.45. The molecule has 0 heterocycles. The Morgan fingerprint density at radius 1 is 0.865 bits per heavy atom. The van der Waals surface area contributed by atoms with Crippen molar-refractivity contribution in [2.45, 2.75) is 150 Å². The van der Waals surface area contributed by atoms with Crippen LogP contribution in [0.5, 0.6) is 0 Å². The zero-order valence-electron chi connectivity index (χ0n) is 25.5. The molecule has 0 saturated heterocycles. The summed E-state index contributed by atoms with van der Waals surface area (Å²) in [5, 5.41) is 0. The Balaban J connectivity index is 1.29. The van der Waals surface area contributed by atoms with Crippen molar-refractivity contribution in [2.24, 2.45) is 52.1 Å². The number of ether oxygens (including phenoxy) is 1. The van der Waals surface area contributed by atoms with E-state index in [-0.39, 0.29) is 0 Å². The molecular weight excluding hydrogens is 450 g/mol. The van der Waals surface area contributed by atoms with Crippen LogP contribution >= 0.6 is 0 Å². The number of nitrogens with two attached hydrogens (primary N) is 1. The van der Waals surface area contributed by atoms with Crippen LogP contribution in [0.4, 0.5) is 0 Å². The first-order valence-corrected chi connectivity index (χ1v) is 16.8.